The molecule has 16 heavy (non-hydrogen) atoms. The first-order valence-corrected chi connectivity index (χ1v) is 6.72. The van der Waals surface area contributed by atoms with E-state index in [2.05, 4.69) is 18.7 Å². The second kappa shape index (κ2) is 6.58. The van der Waals surface area contributed by atoms with Crippen LogP contribution in [0.4, 0.5) is 0 Å². The standard InChI is InChI=1S/C13H27NO2/c1-4-14(5-2)13(9-7-8-10-13)12(15)11-16-6-3/h12,15H,4-11H2,1-3H3. The Hall–Kier alpha value is -0.120. The Morgan fingerprint density at radius 3 is 2.19 bits per heavy atom. The van der Waals surface area contributed by atoms with Gasteiger partial charge in [-0.1, -0.05) is 26.7 Å². The van der Waals surface area contributed by atoms with E-state index in [1.807, 2.05) is 6.92 Å². The second-order valence-electron chi connectivity index (χ2n) is 4.66. The normalized spacial score (nSPS) is 21.6. The van der Waals surface area contributed by atoms with Gasteiger partial charge in [0.25, 0.3) is 0 Å². The maximum absolute atomic E-state index is 10.4. The van der Waals surface area contributed by atoms with Gasteiger partial charge in [-0.05, 0) is 32.9 Å². The van der Waals surface area contributed by atoms with Gasteiger partial charge in [0, 0.05) is 12.1 Å². The van der Waals surface area contributed by atoms with E-state index in [-0.39, 0.29) is 11.6 Å². The van der Waals surface area contributed by atoms with E-state index < -0.39 is 0 Å². The molecule has 0 aliphatic heterocycles. The smallest absolute Gasteiger partial charge is 0.0956 e. The summed E-state index contributed by atoms with van der Waals surface area (Å²) in [5, 5.41) is 10.4. The monoisotopic (exact) mass is 229 g/mol. The van der Waals surface area contributed by atoms with E-state index in [1.54, 1.807) is 0 Å². The molecule has 3 nitrogen and oxygen atoms in total. The lowest BCUT2D eigenvalue weighted by Crippen LogP contribution is -2.56. The lowest BCUT2D eigenvalue weighted by atomic mass is 9.88. The van der Waals surface area contributed by atoms with Crippen molar-refractivity contribution in [3.8, 4) is 0 Å². The molecule has 1 aliphatic rings. The molecule has 0 radical (unpaired) electrons. The SMILES string of the molecule is CCOCC(O)C1(N(CC)CC)CCCC1. The highest BCUT2D eigenvalue weighted by Gasteiger charge is 2.44. The molecule has 1 saturated carbocycles. The highest BCUT2D eigenvalue weighted by atomic mass is 16.5. The third-order valence-corrected chi connectivity index (χ3v) is 3.96. The van der Waals surface area contributed by atoms with E-state index in [9.17, 15) is 5.11 Å². The van der Waals surface area contributed by atoms with Gasteiger partial charge in [0.15, 0.2) is 0 Å². The lowest BCUT2D eigenvalue weighted by molar-refractivity contribution is -0.0665. The van der Waals surface area contributed by atoms with E-state index in [0.29, 0.717) is 13.2 Å². The minimum Gasteiger partial charge on any atom is -0.389 e. The van der Waals surface area contributed by atoms with Gasteiger partial charge in [0.05, 0.1) is 12.7 Å². The minimum atomic E-state index is -0.338. The molecule has 1 N–H and O–H groups in total. The van der Waals surface area contributed by atoms with Gasteiger partial charge in [-0.2, -0.15) is 0 Å². The zero-order chi connectivity index (χ0) is 12.0. The Morgan fingerprint density at radius 2 is 1.75 bits per heavy atom. The molecule has 3 heteroatoms. The predicted octanol–water partition coefficient (Wildman–Crippen LogP) is 2.04. The first-order chi connectivity index (χ1) is 7.71. The molecule has 1 unspecified atom stereocenters. The fourth-order valence-corrected chi connectivity index (χ4v) is 3.09. The van der Waals surface area contributed by atoms with Crippen molar-refractivity contribution in [1.82, 2.24) is 4.90 Å². The summed E-state index contributed by atoms with van der Waals surface area (Å²) < 4.78 is 5.40. The van der Waals surface area contributed by atoms with E-state index >= 15 is 0 Å². The molecule has 0 aromatic rings. The van der Waals surface area contributed by atoms with E-state index in [1.165, 1.54) is 12.8 Å². The van der Waals surface area contributed by atoms with Crippen LogP contribution in [-0.4, -0.2) is 48.0 Å². The molecule has 0 amide bonds. The summed E-state index contributed by atoms with van der Waals surface area (Å²) in [6.45, 7) is 9.52. The number of rotatable bonds is 7. The van der Waals surface area contributed by atoms with Crippen LogP contribution in [0.2, 0.25) is 0 Å². The largest absolute Gasteiger partial charge is 0.389 e. The van der Waals surface area contributed by atoms with Crippen LogP contribution in [0.15, 0.2) is 0 Å². The summed E-state index contributed by atoms with van der Waals surface area (Å²) in [5.74, 6) is 0. The predicted molar refractivity (Wildman–Crippen MR) is 66.6 cm³/mol. The molecule has 1 atom stereocenters. The van der Waals surface area contributed by atoms with Crippen LogP contribution in [-0.2, 0) is 4.74 Å². The number of hydrogen-bond acceptors (Lipinski definition) is 3. The van der Waals surface area contributed by atoms with Crippen LogP contribution in [0.1, 0.15) is 46.5 Å². The van der Waals surface area contributed by atoms with Gasteiger partial charge in [-0.25, -0.2) is 0 Å². The van der Waals surface area contributed by atoms with Gasteiger partial charge in [0.1, 0.15) is 0 Å². The quantitative estimate of drug-likeness (QED) is 0.725. The molecular weight excluding hydrogens is 202 g/mol. The van der Waals surface area contributed by atoms with Gasteiger partial charge in [-0.15, -0.1) is 0 Å². The number of nitrogens with zero attached hydrogens (tertiary/aromatic N) is 1. The Morgan fingerprint density at radius 1 is 1.19 bits per heavy atom. The van der Waals surface area contributed by atoms with Gasteiger partial charge >= 0.3 is 0 Å². The average molecular weight is 229 g/mol. The van der Waals surface area contributed by atoms with Crippen LogP contribution < -0.4 is 0 Å². The van der Waals surface area contributed by atoms with Crippen molar-refractivity contribution in [1.29, 1.82) is 0 Å². The third-order valence-electron chi connectivity index (χ3n) is 3.96. The Balaban J connectivity index is 2.70. The first kappa shape index (κ1) is 13.9. The summed E-state index contributed by atoms with van der Waals surface area (Å²) in [4.78, 5) is 2.42. The summed E-state index contributed by atoms with van der Waals surface area (Å²) >= 11 is 0. The molecule has 0 aromatic carbocycles. The summed E-state index contributed by atoms with van der Waals surface area (Å²) in [5.41, 5.74) is -0.0152. The second-order valence-corrected chi connectivity index (χ2v) is 4.66. The van der Waals surface area contributed by atoms with Crippen LogP contribution in [0.3, 0.4) is 0 Å². The number of hydrogen-bond donors (Lipinski definition) is 1. The maximum atomic E-state index is 10.4. The molecule has 0 aromatic heterocycles. The molecular formula is C13H27NO2. The van der Waals surface area contributed by atoms with Crippen molar-refractivity contribution in [2.24, 2.45) is 0 Å². The van der Waals surface area contributed by atoms with Gasteiger partial charge in [-0.3, -0.25) is 4.90 Å². The van der Waals surface area contributed by atoms with Gasteiger partial charge in [0.2, 0.25) is 0 Å². The summed E-state index contributed by atoms with van der Waals surface area (Å²) in [6, 6.07) is 0. The minimum absolute atomic E-state index is 0.0152. The number of ether oxygens (including phenoxy) is 1. The number of likely N-dealkylation sites (N-methyl/N-ethyl adjacent to an activating group) is 1. The Kier molecular flexibility index (Phi) is 5.73. The first-order valence-electron chi connectivity index (χ1n) is 6.72. The molecule has 0 heterocycles. The highest BCUT2D eigenvalue weighted by Crippen LogP contribution is 2.38. The lowest BCUT2D eigenvalue weighted by Gasteiger charge is -2.43. The van der Waals surface area contributed by atoms with Crippen LogP contribution in [0.5, 0.6) is 0 Å². The molecule has 0 bridgehead atoms. The molecule has 1 aliphatic carbocycles. The van der Waals surface area contributed by atoms with Gasteiger partial charge < -0.3 is 9.84 Å². The maximum Gasteiger partial charge on any atom is 0.0956 e. The highest BCUT2D eigenvalue weighted by molar-refractivity contribution is 4.99. The molecule has 0 saturated heterocycles. The zero-order valence-corrected chi connectivity index (χ0v) is 11.0. The fourth-order valence-electron chi connectivity index (χ4n) is 3.09. The van der Waals surface area contributed by atoms with Crippen molar-refractivity contribution in [3.63, 3.8) is 0 Å². The van der Waals surface area contributed by atoms with Crippen LogP contribution in [0, 0.1) is 0 Å². The van der Waals surface area contributed by atoms with Crippen molar-refractivity contribution < 1.29 is 9.84 Å². The van der Waals surface area contributed by atoms with Crippen molar-refractivity contribution >= 4 is 0 Å². The Bertz CT molecular complexity index is 186. The molecule has 0 spiro atoms. The topological polar surface area (TPSA) is 32.7 Å². The van der Waals surface area contributed by atoms with Crippen LogP contribution in [0.25, 0.3) is 0 Å². The van der Waals surface area contributed by atoms with Crippen molar-refractivity contribution in [2.45, 2.75) is 58.1 Å². The summed E-state index contributed by atoms with van der Waals surface area (Å²) in [7, 11) is 0. The fraction of sp³-hybridized carbons (Fsp3) is 1.00. The van der Waals surface area contributed by atoms with E-state index in [4.69, 9.17) is 4.74 Å². The third kappa shape index (κ3) is 2.76. The van der Waals surface area contributed by atoms with Crippen LogP contribution >= 0.6 is 0 Å². The number of aliphatic hydroxyl groups excluding tert-OH is 1. The number of aliphatic hydroxyl groups is 1. The van der Waals surface area contributed by atoms with Crippen molar-refractivity contribution in [3.05, 3.63) is 0 Å². The molecule has 1 rings (SSSR count). The van der Waals surface area contributed by atoms with E-state index in [0.717, 1.165) is 25.9 Å². The van der Waals surface area contributed by atoms with Crippen molar-refractivity contribution in [2.75, 3.05) is 26.3 Å². The Labute approximate surface area is 99.8 Å². The average Bonchev–Trinajstić information content (AvgIpc) is 2.78. The molecule has 1 fully saturated rings. The summed E-state index contributed by atoms with van der Waals surface area (Å²) in [6.07, 6.45) is 4.36. The zero-order valence-electron chi connectivity index (χ0n) is 11.0. The molecule has 96 valence electrons.